The predicted octanol–water partition coefficient (Wildman–Crippen LogP) is 0.923. The minimum atomic E-state index is -1.06. The van der Waals surface area contributed by atoms with Crippen LogP contribution in [0, 0.1) is 0 Å². The molecule has 0 bridgehead atoms. The Bertz CT molecular complexity index is 648. The molecule has 20 heavy (non-hydrogen) atoms. The number of carbonyl (C=O) groups is 2. The molecular weight excluding hydrogens is 260 g/mol. The maximum atomic E-state index is 11.5. The number of rotatable bonds is 5. The zero-order valence-electron chi connectivity index (χ0n) is 11.3. The van der Waals surface area contributed by atoms with Gasteiger partial charge in [-0.3, -0.25) is 9.20 Å². The number of carboxylic acid groups (broad SMARTS) is 1. The quantitative estimate of drug-likeness (QED) is 0.848. The van der Waals surface area contributed by atoms with E-state index < -0.39 is 5.97 Å². The van der Waals surface area contributed by atoms with Crippen LogP contribution in [0.25, 0.3) is 5.65 Å². The maximum absolute atomic E-state index is 11.5. The minimum absolute atomic E-state index is 0.0295. The molecule has 0 spiro atoms. The molecule has 2 rings (SSSR count). The summed E-state index contributed by atoms with van der Waals surface area (Å²) in [6, 6.07) is 5.25. The average molecular weight is 276 g/mol. The molecule has 1 amide bonds. The van der Waals surface area contributed by atoms with Crippen LogP contribution in [0.15, 0.2) is 24.4 Å². The van der Waals surface area contributed by atoms with E-state index in [2.05, 4.69) is 10.3 Å². The van der Waals surface area contributed by atoms with Crippen molar-refractivity contribution in [1.29, 1.82) is 0 Å². The average Bonchev–Trinajstić information content (AvgIpc) is 2.76. The fraction of sp³-hybridized carbons (Fsp3) is 0.308. The van der Waals surface area contributed by atoms with E-state index in [9.17, 15) is 14.7 Å². The van der Waals surface area contributed by atoms with Gasteiger partial charge in [-0.1, -0.05) is 6.07 Å². The van der Waals surface area contributed by atoms with Crippen LogP contribution in [0.5, 0.6) is 0 Å². The molecular formula is C13H16N4O3. The molecule has 7 nitrogen and oxygen atoms in total. The monoisotopic (exact) mass is 276 g/mol. The summed E-state index contributed by atoms with van der Waals surface area (Å²) in [7, 11) is 3.35. The lowest BCUT2D eigenvalue weighted by molar-refractivity contribution is -0.128. The van der Waals surface area contributed by atoms with Gasteiger partial charge in [-0.05, 0) is 12.1 Å². The first-order chi connectivity index (χ1) is 9.50. The Morgan fingerprint density at radius 2 is 2.15 bits per heavy atom. The van der Waals surface area contributed by atoms with Crippen LogP contribution in [-0.2, 0) is 4.79 Å². The molecule has 0 radical (unpaired) electrons. The Labute approximate surface area is 115 Å². The lowest BCUT2D eigenvalue weighted by Crippen LogP contribution is -2.24. The third-order valence-corrected chi connectivity index (χ3v) is 2.86. The van der Waals surface area contributed by atoms with Gasteiger partial charge in [-0.2, -0.15) is 0 Å². The Kier molecular flexibility index (Phi) is 3.88. The highest BCUT2D eigenvalue weighted by atomic mass is 16.4. The number of fused-ring (bicyclic) bond motifs is 1. The lowest BCUT2D eigenvalue weighted by atomic mass is 10.3. The third-order valence-electron chi connectivity index (χ3n) is 2.86. The molecule has 0 saturated heterocycles. The zero-order valence-corrected chi connectivity index (χ0v) is 11.3. The van der Waals surface area contributed by atoms with Gasteiger partial charge in [-0.25, -0.2) is 9.78 Å². The van der Waals surface area contributed by atoms with Crippen molar-refractivity contribution < 1.29 is 14.7 Å². The van der Waals surface area contributed by atoms with E-state index >= 15 is 0 Å². The summed E-state index contributed by atoms with van der Waals surface area (Å²) in [6.45, 7) is 0.334. The summed E-state index contributed by atoms with van der Waals surface area (Å²) in [5.74, 6) is -0.821. The number of aromatic carboxylic acids is 1. The van der Waals surface area contributed by atoms with Crippen LogP contribution in [0.2, 0.25) is 0 Å². The first-order valence-electron chi connectivity index (χ1n) is 6.15. The number of pyridine rings is 1. The van der Waals surface area contributed by atoms with Crippen LogP contribution in [-0.4, -0.2) is 51.9 Å². The van der Waals surface area contributed by atoms with Gasteiger partial charge >= 0.3 is 5.97 Å². The summed E-state index contributed by atoms with van der Waals surface area (Å²) in [5.41, 5.74) is 0.615. The lowest BCUT2D eigenvalue weighted by Gasteiger charge is -2.10. The van der Waals surface area contributed by atoms with E-state index in [0.717, 1.165) is 0 Å². The number of nitrogens with one attached hydrogen (secondary N) is 1. The van der Waals surface area contributed by atoms with Crippen molar-refractivity contribution in [2.45, 2.75) is 6.42 Å². The molecule has 2 heterocycles. The zero-order chi connectivity index (χ0) is 14.7. The van der Waals surface area contributed by atoms with Crippen molar-refractivity contribution in [2.75, 3.05) is 26.0 Å². The highest BCUT2D eigenvalue weighted by molar-refractivity contribution is 5.93. The molecule has 2 N–H and O–H groups in total. The van der Waals surface area contributed by atoms with E-state index in [4.69, 9.17) is 0 Å². The first kappa shape index (κ1) is 13.9. The normalized spacial score (nSPS) is 10.5. The molecule has 7 heteroatoms. The standard InChI is InChI=1S/C13H16N4O3/c1-16(2)10(18)6-7-14-12-11(13(19)20)17-8-4-3-5-9(17)15-12/h3-5,8,14H,6-7H2,1-2H3,(H,19,20). The number of nitrogens with zero attached hydrogens (tertiary/aromatic N) is 3. The summed E-state index contributed by atoms with van der Waals surface area (Å²) in [5, 5.41) is 12.2. The summed E-state index contributed by atoms with van der Waals surface area (Å²) >= 11 is 0. The molecule has 0 saturated carbocycles. The molecule has 2 aromatic heterocycles. The number of aromatic nitrogens is 2. The van der Waals surface area contributed by atoms with Gasteiger partial charge < -0.3 is 15.3 Å². The first-order valence-corrected chi connectivity index (χ1v) is 6.15. The van der Waals surface area contributed by atoms with Crippen LogP contribution in [0.3, 0.4) is 0 Å². The van der Waals surface area contributed by atoms with E-state index in [1.165, 1.54) is 9.30 Å². The number of amides is 1. The number of hydrogen-bond acceptors (Lipinski definition) is 4. The van der Waals surface area contributed by atoms with Crippen LogP contribution in [0.4, 0.5) is 5.82 Å². The van der Waals surface area contributed by atoms with Crippen molar-refractivity contribution in [2.24, 2.45) is 0 Å². The fourth-order valence-corrected chi connectivity index (χ4v) is 1.83. The largest absolute Gasteiger partial charge is 0.476 e. The van der Waals surface area contributed by atoms with Gasteiger partial charge in [0.15, 0.2) is 11.5 Å². The van der Waals surface area contributed by atoms with E-state index in [1.54, 1.807) is 38.5 Å². The van der Waals surface area contributed by atoms with Gasteiger partial charge in [0.2, 0.25) is 5.91 Å². The van der Waals surface area contributed by atoms with Gasteiger partial charge in [0.25, 0.3) is 0 Å². The number of anilines is 1. The second kappa shape index (κ2) is 5.60. The second-order valence-corrected chi connectivity index (χ2v) is 4.51. The summed E-state index contributed by atoms with van der Waals surface area (Å²) in [4.78, 5) is 28.5. The van der Waals surface area contributed by atoms with Crippen molar-refractivity contribution in [3.63, 3.8) is 0 Å². The summed E-state index contributed by atoms with van der Waals surface area (Å²) < 4.78 is 1.50. The van der Waals surface area contributed by atoms with E-state index in [1.807, 2.05) is 0 Å². The van der Waals surface area contributed by atoms with E-state index in [-0.39, 0.29) is 23.8 Å². The smallest absolute Gasteiger partial charge is 0.356 e. The molecule has 2 aromatic rings. The van der Waals surface area contributed by atoms with Crippen molar-refractivity contribution in [3.05, 3.63) is 30.1 Å². The Morgan fingerprint density at radius 3 is 2.80 bits per heavy atom. The number of imidazole rings is 1. The molecule has 106 valence electrons. The van der Waals surface area contributed by atoms with Crippen LogP contribution >= 0.6 is 0 Å². The Morgan fingerprint density at radius 1 is 1.40 bits per heavy atom. The molecule has 0 fully saturated rings. The minimum Gasteiger partial charge on any atom is -0.476 e. The van der Waals surface area contributed by atoms with Gasteiger partial charge in [0.1, 0.15) is 5.65 Å². The van der Waals surface area contributed by atoms with Gasteiger partial charge in [0, 0.05) is 33.3 Å². The molecule has 0 aromatic carbocycles. The number of hydrogen-bond donors (Lipinski definition) is 2. The van der Waals surface area contributed by atoms with Crippen molar-refractivity contribution >= 4 is 23.3 Å². The topological polar surface area (TPSA) is 86.9 Å². The second-order valence-electron chi connectivity index (χ2n) is 4.51. The molecule has 0 aliphatic rings. The third kappa shape index (κ3) is 2.71. The number of carbonyl (C=O) groups excluding carboxylic acids is 1. The van der Waals surface area contributed by atoms with Crippen LogP contribution < -0.4 is 5.32 Å². The van der Waals surface area contributed by atoms with E-state index in [0.29, 0.717) is 12.2 Å². The predicted molar refractivity (Wildman–Crippen MR) is 74.0 cm³/mol. The summed E-state index contributed by atoms with van der Waals surface area (Å²) in [6.07, 6.45) is 1.92. The van der Waals surface area contributed by atoms with Gasteiger partial charge in [0.05, 0.1) is 0 Å². The highest BCUT2D eigenvalue weighted by Gasteiger charge is 2.18. The van der Waals surface area contributed by atoms with Crippen molar-refractivity contribution in [1.82, 2.24) is 14.3 Å². The Balaban J connectivity index is 2.19. The molecule has 0 atom stereocenters. The molecule has 0 unspecified atom stereocenters. The van der Waals surface area contributed by atoms with Gasteiger partial charge in [-0.15, -0.1) is 0 Å². The molecule has 0 aliphatic carbocycles. The SMILES string of the molecule is CN(C)C(=O)CCNc1nc2ccccn2c1C(=O)O. The maximum Gasteiger partial charge on any atom is 0.356 e. The highest BCUT2D eigenvalue weighted by Crippen LogP contribution is 2.17. The van der Waals surface area contributed by atoms with Crippen LogP contribution in [0.1, 0.15) is 16.9 Å². The van der Waals surface area contributed by atoms with Crippen molar-refractivity contribution in [3.8, 4) is 0 Å². The Hall–Kier alpha value is -2.57. The number of carboxylic acids is 1. The fourth-order valence-electron chi connectivity index (χ4n) is 1.83. The molecule has 0 aliphatic heterocycles.